The second-order valence-electron chi connectivity index (χ2n) is 5.35. The molecule has 0 atom stereocenters. The van der Waals surface area contributed by atoms with Gasteiger partial charge < -0.3 is 0 Å². The molecule has 0 spiro atoms. The van der Waals surface area contributed by atoms with Gasteiger partial charge in [-0.05, 0) is 0 Å². The van der Waals surface area contributed by atoms with E-state index >= 15 is 0 Å². The van der Waals surface area contributed by atoms with E-state index in [9.17, 15) is 0 Å². The van der Waals surface area contributed by atoms with Gasteiger partial charge in [0.1, 0.15) is 0 Å². The van der Waals surface area contributed by atoms with Crippen LogP contribution < -0.4 is 0 Å². The summed E-state index contributed by atoms with van der Waals surface area (Å²) in [6, 6.07) is 0. The van der Waals surface area contributed by atoms with E-state index in [0.29, 0.717) is 20.0 Å². The first-order valence-electron chi connectivity index (χ1n) is 5.02. The first kappa shape index (κ1) is 14.3. The van der Waals surface area contributed by atoms with Crippen LogP contribution in [0.3, 0.4) is 0 Å². The molecule has 0 aromatic carbocycles. The van der Waals surface area contributed by atoms with Crippen molar-refractivity contribution in [3.05, 3.63) is 10.2 Å². The maximum absolute atomic E-state index is 6.26. The summed E-state index contributed by atoms with van der Waals surface area (Å²) < 4.78 is 7.51. The molecule has 0 amide bonds. The molecule has 0 fully saturated rings. The van der Waals surface area contributed by atoms with E-state index in [0.717, 1.165) is 0 Å². The molecular weight excluding hydrogens is 255 g/mol. The number of rotatable bonds is 3. The fourth-order valence-electron chi connectivity index (χ4n) is 0.733. The topological polar surface area (TPSA) is 9.23 Å². The molecule has 0 rings (SSSR count). The third-order valence-electron chi connectivity index (χ3n) is 2.75. The van der Waals surface area contributed by atoms with Crippen molar-refractivity contribution in [1.29, 1.82) is 0 Å². The standard InChI is InChI=1S/C11H24OSeSi/c1-9(2)10(13-6)12-14(7,8)11(3,4)5/h1-8H3. The molecular formula is C11H24OSeSi. The summed E-state index contributed by atoms with van der Waals surface area (Å²) in [5.41, 5.74) is 1.34. The van der Waals surface area contributed by atoms with Crippen LogP contribution >= 0.6 is 0 Å². The van der Waals surface area contributed by atoms with E-state index in [-0.39, 0.29) is 0 Å². The molecule has 0 aliphatic heterocycles. The van der Waals surface area contributed by atoms with Gasteiger partial charge in [-0.2, -0.15) is 0 Å². The summed E-state index contributed by atoms with van der Waals surface area (Å²) in [4.78, 5) is 0. The Hall–Kier alpha value is 0.276. The van der Waals surface area contributed by atoms with Crippen molar-refractivity contribution in [2.45, 2.75) is 58.6 Å². The predicted molar refractivity (Wildman–Crippen MR) is 68.3 cm³/mol. The van der Waals surface area contributed by atoms with E-state index in [1.807, 2.05) is 0 Å². The van der Waals surface area contributed by atoms with Crippen LogP contribution in [0.25, 0.3) is 0 Å². The Labute approximate surface area is 96.6 Å². The summed E-state index contributed by atoms with van der Waals surface area (Å²) in [5, 5.41) is 0.305. The van der Waals surface area contributed by atoms with Crippen molar-refractivity contribution in [3.63, 3.8) is 0 Å². The normalized spacial score (nSPS) is 12.6. The van der Waals surface area contributed by atoms with E-state index < -0.39 is 8.32 Å². The first-order chi connectivity index (χ1) is 6.12. The average molecular weight is 279 g/mol. The van der Waals surface area contributed by atoms with Gasteiger partial charge in [-0.25, -0.2) is 0 Å². The van der Waals surface area contributed by atoms with Crippen LogP contribution in [0, 0.1) is 0 Å². The van der Waals surface area contributed by atoms with Gasteiger partial charge in [-0.1, -0.05) is 0 Å². The van der Waals surface area contributed by atoms with E-state index in [2.05, 4.69) is 53.5 Å². The summed E-state index contributed by atoms with van der Waals surface area (Å²) in [7, 11) is -1.59. The van der Waals surface area contributed by atoms with Crippen molar-refractivity contribution in [2.75, 3.05) is 0 Å². The van der Waals surface area contributed by atoms with Gasteiger partial charge in [-0.15, -0.1) is 0 Å². The van der Waals surface area contributed by atoms with E-state index in [4.69, 9.17) is 4.43 Å². The van der Waals surface area contributed by atoms with Crippen LogP contribution in [-0.4, -0.2) is 23.3 Å². The third kappa shape index (κ3) is 3.80. The van der Waals surface area contributed by atoms with Gasteiger partial charge in [-0.3, -0.25) is 0 Å². The van der Waals surface area contributed by atoms with Crippen molar-refractivity contribution in [2.24, 2.45) is 0 Å². The Kier molecular flexibility index (Phi) is 4.96. The van der Waals surface area contributed by atoms with Gasteiger partial charge in [0.25, 0.3) is 0 Å². The quantitative estimate of drug-likeness (QED) is 0.560. The van der Waals surface area contributed by atoms with Gasteiger partial charge in [0, 0.05) is 0 Å². The summed E-state index contributed by atoms with van der Waals surface area (Å²) in [6.07, 6.45) is 0. The Balaban J connectivity index is 4.75. The van der Waals surface area contributed by atoms with E-state index in [1.54, 1.807) is 0 Å². The zero-order chi connectivity index (χ0) is 11.6. The molecule has 0 aromatic heterocycles. The maximum atomic E-state index is 6.26. The number of allylic oxidation sites excluding steroid dienone is 1. The molecule has 0 aliphatic carbocycles. The van der Waals surface area contributed by atoms with Crippen LogP contribution in [0.4, 0.5) is 0 Å². The molecule has 0 heterocycles. The monoisotopic (exact) mass is 280 g/mol. The van der Waals surface area contributed by atoms with Crippen molar-refractivity contribution >= 4 is 23.3 Å². The molecule has 0 aromatic rings. The predicted octanol–water partition coefficient (Wildman–Crippen LogP) is 4.01. The van der Waals surface area contributed by atoms with Crippen molar-refractivity contribution in [1.82, 2.24) is 0 Å². The number of hydrogen-bond donors (Lipinski definition) is 0. The van der Waals surface area contributed by atoms with Gasteiger partial charge >= 0.3 is 96.5 Å². The molecule has 1 nitrogen and oxygen atoms in total. The summed E-state index contributed by atoms with van der Waals surface area (Å²) in [6.45, 7) is 15.8. The molecule has 0 N–H and O–H groups in total. The SMILES string of the molecule is C[Se]C(O[Si](C)(C)C(C)(C)C)=C(C)C. The van der Waals surface area contributed by atoms with Crippen LogP contribution in [0.2, 0.25) is 24.0 Å². The molecule has 0 unspecified atom stereocenters. The van der Waals surface area contributed by atoms with Gasteiger partial charge in [0.2, 0.25) is 0 Å². The first-order valence-corrected chi connectivity index (χ1v) is 10.5. The number of hydrogen-bond acceptors (Lipinski definition) is 1. The minimum absolute atomic E-state index is 0.305. The Morgan fingerprint density at radius 3 is 1.79 bits per heavy atom. The summed E-state index contributed by atoms with van der Waals surface area (Å²) >= 11 is 0.481. The molecule has 0 bridgehead atoms. The molecule has 0 aliphatic rings. The third-order valence-corrected chi connectivity index (χ3v) is 9.21. The molecule has 3 heteroatoms. The summed E-state index contributed by atoms with van der Waals surface area (Å²) in [5.74, 6) is 2.22. The molecule has 0 radical (unpaired) electrons. The Morgan fingerprint density at radius 1 is 1.14 bits per heavy atom. The second kappa shape index (κ2) is 4.87. The molecule has 0 saturated carbocycles. The van der Waals surface area contributed by atoms with Crippen molar-refractivity contribution < 1.29 is 4.43 Å². The fourth-order valence-corrected chi connectivity index (χ4v) is 4.48. The fraction of sp³-hybridized carbons (Fsp3) is 0.818. The minimum atomic E-state index is -1.59. The molecule has 14 heavy (non-hydrogen) atoms. The second-order valence-corrected chi connectivity index (χ2v) is 11.7. The zero-order valence-corrected chi connectivity index (χ0v) is 13.5. The van der Waals surface area contributed by atoms with Crippen molar-refractivity contribution in [3.8, 4) is 0 Å². The van der Waals surface area contributed by atoms with Gasteiger partial charge in [0.05, 0.1) is 0 Å². The zero-order valence-electron chi connectivity index (χ0n) is 10.8. The molecule has 0 saturated heterocycles. The van der Waals surface area contributed by atoms with Crippen LogP contribution in [0.1, 0.15) is 34.6 Å². The van der Waals surface area contributed by atoms with E-state index in [1.165, 1.54) is 10.2 Å². The average Bonchev–Trinajstić information content (AvgIpc) is 1.97. The van der Waals surface area contributed by atoms with Gasteiger partial charge in [0.15, 0.2) is 0 Å². The molecule has 84 valence electrons. The Bertz CT molecular complexity index is 222. The Morgan fingerprint density at radius 2 is 1.57 bits per heavy atom. The van der Waals surface area contributed by atoms with Crippen LogP contribution in [0.5, 0.6) is 0 Å². The van der Waals surface area contributed by atoms with Crippen LogP contribution in [0.15, 0.2) is 10.2 Å². The van der Waals surface area contributed by atoms with Crippen LogP contribution in [-0.2, 0) is 4.43 Å².